The van der Waals surface area contributed by atoms with Crippen LogP contribution in [0, 0.1) is 18.6 Å². The van der Waals surface area contributed by atoms with Crippen molar-refractivity contribution < 1.29 is 18.3 Å². The lowest BCUT2D eigenvalue weighted by Crippen LogP contribution is -2.31. The Hall–Kier alpha value is -4.64. The summed E-state index contributed by atoms with van der Waals surface area (Å²) in [6.07, 6.45) is -0.348. The molecule has 0 aliphatic carbocycles. The highest BCUT2D eigenvalue weighted by atomic mass is 19.1. The average Bonchev–Trinajstić information content (AvgIpc) is 3.58. The van der Waals surface area contributed by atoms with Gasteiger partial charge < -0.3 is 19.6 Å². The number of aromatic amines is 2. The molecule has 1 aliphatic rings. The Bertz CT molecular complexity index is 1700. The normalized spacial score (nSPS) is 15.6. The fourth-order valence-corrected chi connectivity index (χ4v) is 4.65. The van der Waals surface area contributed by atoms with Crippen LogP contribution in [-0.4, -0.2) is 48.9 Å². The summed E-state index contributed by atoms with van der Waals surface area (Å²) in [5, 5.41) is 9.19. The van der Waals surface area contributed by atoms with Crippen molar-refractivity contribution in [3.05, 3.63) is 99.6 Å². The van der Waals surface area contributed by atoms with E-state index < -0.39 is 17.9 Å². The van der Waals surface area contributed by atoms with Crippen molar-refractivity contribution in [2.75, 3.05) is 13.2 Å². The summed E-state index contributed by atoms with van der Waals surface area (Å²) in [4.78, 5) is 32.7. The molecule has 2 aromatic heterocycles. The quantitative estimate of drug-likeness (QED) is 0.357. The average molecular weight is 517 g/mol. The van der Waals surface area contributed by atoms with Crippen molar-refractivity contribution >= 4 is 16.9 Å². The Balaban J connectivity index is 1.36. The highest BCUT2D eigenvalue weighted by molar-refractivity contribution is 5.80. The molecule has 0 saturated carbocycles. The Morgan fingerprint density at radius 3 is 2.53 bits per heavy atom. The molecule has 0 spiro atoms. The van der Waals surface area contributed by atoms with E-state index in [4.69, 9.17) is 4.74 Å². The smallest absolute Gasteiger partial charge is 0.323 e. The molecule has 1 aliphatic heterocycles. The molecule has 192 valence electrons. The Morgan fingerprint density at radius 2 is 1.74 bits per heavy atom. The van der Waals surface area contributed by atoms with Gasteiger partial charge >= 0.3 is 5.69 Å². The zero-order valence-electron chi connectivity index (χ0n) is 20.2. The fourth-order valence-electron chi connectivity index (χ4n) is 4.65. The first-order chi connectivity index (χ1) is 18.3. The Morgan fingerprint density at radius 1 is 0.947 bits per heavy atom. The van der Waals surface area contributed by atoms with Gasteiger partial charge in [0.25, 0.3) is 5.91 Å². The number of nitrogens with zero attached hydrogens (tertiary/aromatic N) is 4. The lowest BCUT2D eigenvalue weighted by molar-refractivity contribution is -0.128. The Labute approximate surface area is 214 Å². The van der Waals surface area contributed by atoms with E-state index in [1.807, 2.05) is 18.2 Å². The Kier molecular flexibility index (Phi) is 5.84. The second-order valence-electron chi connectivity index (χ2n) is 9.18. The van der Waals surface area contributed by atoms with Crippen LogP contribution in [0.3, 0.4) is 0 Å². The van der Waals surface area contributed by atoms with Gasteiger partial charge in [0.2, 0.25) is 0 Å². The number of benzene rings is 3. The molecule has 0 unspecified atom stereocenters. The van der Waals surface area contributed by atoms with Gasteiger partial charge in [0.1, 0.15) is 29.6 Å². The molecular formula is C27H22F2N6O3. The van der Waals surface area contributed by atoms with Gasteiger partial charge in [-0.3, -0.25) is 4.79 Å². The molecule has 1 fully saturated rings. The molecule has 1 saturated heterocycles. The highest BCUT2D eigenvalue weighted by Gasteiger charge is 2.37. The summed E-state index contributed by atoms with van der Waals surface area (Å²) in [6, 6.07) is 15.7. The number of ether oxygens (including phenoxy) is 1. The van der Waals surface area contributed by atoms with E-state index in [1.165, 1.54) is 29.1 Å². The van der Waals surface area contributed by atoms with Crippen molar-refractivity contribution in [3.63, 3.8) is 0 Å². The van der Waals surface area contributed by atoms with E-state index in [2.05, 4.69) is 20.2 Å². The van der Waals surface area contributed by atoms with E-state index in [0.717, 1.165) is 5.56 Å². The van der Waals surface area contributed by atoms with Crippen molar-refractivity contribution in [2.45, 2.75) is 19.6 Å². The van der Waals surface area contributed by atoms with Gasteiger partial charge in [-0.1, -0.05) is 6.07 Å². The number of rotatable bonds is 6. The van der Waals surface area contributed by atoms with E-state index >= 15 is 0 Å². The largest absolute Gasteiger partial charge is 0.342 e. The topological polar surface area (TPSA) is 109 Å². The van der Waals surface area contributed by atoms with Crippen LogP contribution in [-0.2, 0) is 16.0 Å². The molecule has 11 heteroatoms. The third kappa shape index (κ3) is 4.48. The minimum absolute atomic E-state index is 0.135. The maximum atomic E-state index is 14.2. The maximum absolute atomic E-state index is 14.2. The van der Waals surface area contributed by atoms with Crippen molar-refractivity contribution in [2.24, 2.45) is 0 Å². The number of hydrogen-bond donors (Lipinski definition) is 2. The van der Waals surface area contributed by atoms with Crippen LogP contribution in [0.5, 0.6) is 0 Å². The zero-order valence-corrected chi connectivity index (χ0v) is 20.2. The van der Waals surface area contributed by atoms with Crippen LogP contribution in [0.2, 0.25) is 0 Å². The standard InChI is InChI=1S/C27H22F2N6O3/c1-15-10-19(29)13-20(11-15)35-32-24(17-3-5-18(28)6-4-17)25(33-35)26-34(23(36)14-38-26)9-8-16-2-7-21-22(12-16)31-27(37)30-21/h2-7,10-13,26H,8-9,14H2,1H3,(H2,30,31,37)/t26-/m1/s1. The summed E-state index contributed by atoms with van der Waals surface area (Å²) in [5.74, 6) is -1.05. The van der Waals surface area contributed by atoms with Crippen LogP contribution in [0.4, 0.5) is 8.78 Å². The first kappa shape index (κ1) is 23.7. The van der Waals surface area contributed by atoms with Gasteiger partial charge in [0.05, 0.1) is 16.7 Å². The number of fused-ring (bicyclic) bond motifs is 1. The minimum atomic E-state index is -0.846. The molecular weight excluding hydrogens is 494 g/mol. The summed E-state index contributed by atoms with van der Waals surface area (Å²) in [5.41, 5.74) is 4.43. The second kappa shape index (κ2) is 9.34. The SMILES string of the molecule is Cc1cc(F)cc(-n2nc(-c3ccc(F)cc3)c([C@H]3OCC(=O)N3CCc3ccc4[nH]c(=O)[nH]c4c3)n2)c1. The fraction of sp³-hybridized carbons (Fsp3) is 0.185. The first-order valence-corrected chi connectivity index (χ1v) is 12.0. The lowest BCUT2D eigenvalue weighted by atomic mass is 10.1. The molecule has 5 aromatic rings. The predicted octanol–water partition coefficient (Wildman–Crippen LogP) is 3.79. The van der Waals surface area contributed by atoms with Gasteiger partial charge in [-0.2, -0.15) is 4.80 Å². The van der Waals surface area contributed by atoms with E-state index in [1.54, 1.807) is 30.0 Å². The van der Waals surface area contributed by atoms with E-state index in [-0.39, 0.29) is 18.2 Å². The van der Waals surface area contributed by atoms with Gasteiger partial charge in [0.15, 0.2) is 6.23 Å². The first-order valence-electron chi connectivity index (χ1n) is 12.0. The summed E-state index contributed by atoms with van der Waals surface area (Å²) >= 11 is 0. The number of nitrogens with one attached hydrogen (secondary N) is 2. The molecule has 38 heavy (non-hydrogen) atoms. The van der Waals surface area contributed by atoms with E-state index in [9.17, 15) is 18.4 Å². The second-order valence-corrected chi connectivity index (χ2v) is 9.18. The third-order valence-corrected chi connectivity index (χ3v) is 6.44. The molecule has 0 radical (unpaired) electrons. The van der Waals surface area contributed by atoms with Gasteiger partial charge in [-0.25, -0.2) is 13.6 Å². The number of halogens is 2. The van der Waals surface area contributed by atoms with Crippen molar-refractivity contribution in [3.8, 4) is 16.9 Å². The monoisotopic (exact) mass is 516 g/mol. The van der Waals surface area contributed by atoms with Crippen molar-refractivity contribution in [1.29, 1.82) is 0 Å². The van der Waals surface area contributed by atoms with E-state index in [0.29, 0.717) is 52.2 Å². The molecule has 3 aromatic carbocycles. The van der Waals surface area contributed by atoms with Gasteiger partial charge in [0, 0.05) is 18.2 Å². The minimum Gasteiger partial charge on any atom is -0.342 e. The third-order valence-electron chi connectivity index (χ3n) is 6.44. The number of hydrogen-bond acceptors (Lipinski definition) is 5. The highest BCUT2D eigenvalue weighted by Crippen LogP contribution is 2.34. The predicted molar refractivity (Wildman–Crippen MR) is 134 cm³/mol. The molecule has 9 nitrogen and oxygen atoms in total. The number of carbonyl (C=O) groups is 1. The maximum Gasteiger partial charge on any atom is 0.323 e. The molecule has 3 heterocycles. The molecule has 6 rings (SSSR count). The molecule has 2 N–H and O–H groups in total. The van der Waals surface area contributed by atoms with Gasteiger partial charge in [-0.05, 0) is 73.0 Å². The van der Waals surface area contributed by atoms with Crippen LogP contribution in [0.25, 0.3) is 28.0 Å². The van der Waals surface area contributed by atoms with Crippen LogP contribution in [0.1, 0.15) is 23.0 Å². The number of aryl methyl sites for hydroxylation is 1. The van der Waals surface area contributed by atoms with Crippen molar-refractivity contribution in [1.82, 2.24) is 29.9 Å². The lowest BCUT2D eigenvalue weighted by Gasteiger charge is -2.22. The van der Waals surface area contributed by atoms with Crippen LogP contribution >= 0.6 is 0 Å². The summed E-state index contributed by atoms with van der Waals surface area (Å²) in [6.45, 7) is 1.95. The zero-order chi connectivity index (χ0) is 26.4. The number of H-pyrrole nitrogens is 2. The summed E-state index contributed by atoms with van der Waals surface area (Å²) < 4.78 is 33.7. The van der Waals surface area contributed by atoms with Crippen LogP contribution < -0.4 is 5.69 Å². The molecule has 0 bridgehead atoms. The number of amides is 1. The number of imidazole rings is 1. The summed E-state index contributed by atoms with van der Waals surface area (Å²) in [7, 11) is 0. The molecule has 1 amide bonds. The van der Waals surface area contributed by atoms with Gasteiger partial charge in [-0.15, -0.1) is 10.2 Å². The number of aromatic nitrogens is 5. The van der Waals surface area contributed by atoms with Crippen LogP contribution in [0.15, 0.2) is 65.5 Å². The molecule has 1 atom stereocenters. The number of carbonyl (C=O) groups excluding carboxylic acids is 1.